The first-order chi connectivity index (χ1) is 6.74. The van der Waals surface area contributed by atoms with Crippen LogP contribution in [-0.2, 0) is 14.3 Å². The van der Waals surface area contributed by atoms with Crippen LogP contribution in [0.5, 0.6) is 0 Å². The largest absolute Gasteiger partial charge is 0.466 e. The molecule has 0 aromatic heterocycles. The maximum absolute atomic E-state index is 11.3. The number of carbonyl (C=O) groups excluding carboxylic acids is 2. The topological polar surface area (TPSA) is 55.8 Å². The molecule has 1 amide bonds. The minimum atomic E-state index is -0.532. The van der Waals surface area contributed by atoms with Gasteiger partial charge in [0.15, 0.2) is 6.61 Å². The van der Waals surface area contributed by atoms with Crippen LogP contribution in [0.2, 0.25) is 0 Å². The van der Waals surface area contributed by atoms with Gasteiger partial charge in [-0.2, -0.15) is 0 Å². The van der Waals surface area contributed by atoms with Crippen molar-refractivity contribution in [2.45, 2.75) is 19.3 Å². The summed E-state index contributed by atoms with van der Waals surface area (Å²) in [5, 5.41) is 0. The molecule has 0 spiro atoms. The van der Waals surface area contributed by atoms with Crippen LogP contribution in [-0.4, -0.2) is 43.8 Å². The summed E-state index contributed by atoms with van der Waals surface area (Å²) in [6.07, 6.45) is 2.75. The number of ether oxygens (including phenoxy) is 2. The lowest BCUT2D eigenvalue weighted by Crippen LogP contribution is -2.36. The SMILES string of the molecule is COC(=O)COC(=O)N1CCCCC1. The average Bonchev–Trinajstić information content (AvgIpc) is 2.26. The number of nitrogens with zero attached hydrogens (tertiary/aromatic N) is 1. The molecule has 0 saturated carbocycles. The zero-order chi connectivity index (χ0) is 10.4. The van der Waals surface area contributed by atoms with Crippen molar-refractivity contribution >= 4 is 12.1 Å². The number of amides is 1. The molecule has 0 aromatic carbocycles. The molecule has 5 nitrogen and oxygen atoms in total. The molecule has 0 atom stereocenters. The van der Waals surface area contributed by atoms with Crippen LogP contribution in [0.15, 0.2) is 0 Å². The Kier molecular flexibility index (Phi) is 4.22. The fraction of sp³-hybridized carbons (Fsp3) is 0.778. The van der Waals surface area contributed by atoms with Gasteiger partial charge >= 0.3 is 12.1 Å². The Morgan fingerprint density at radius 1 is 1.21 bits per heavy atom. The summed E-state index contributed by atoms with van der Waals surface area (Å²) in [6.45, 7) is 1.14. The standard InChI is InChI=1S/C9H15NO4/c1-13-8(11)7-14-9(12)10-5-3-2-4-6-10/h2-7H2,1H3. The number of carbonyl (C=O) groups is 2. The van der Waals surface area contributed by atoms with E-state index in [0.717, 1.165) is 32.4 Å². The molecule has 0 N–H and O–H groups in total. The third-order valence-corrected chi connectivity index (χ3v) is 2.16. The maximum Gasteiger partial charge on any atom is 0.410 e. The summed E-state index contributed by atoms with van der Waals surface area (Å²) >= 11 is 0. The average molecular weight is 201 g/mol. The van der Waals surface area contributed by atoms with Crippen LogP contribution in [0.3, 0.4) is 0 Å². The maximum atomic E-state index is 11.3. The van der Waals surface area contributed by atoms with E-state index in [2.05, 4.69) is 4.74 Å². The number of esters is 1. The summed E-state index contributed by atoms with van der Waals surface area (Å²) in [7, 11) is 1.26. The zero-order valence-corrected chi connectivity index (χ0v) is 8.32. The Morgan fingerprint density at radius 3 is 2.43 bits per heavy atom. The highest BCUT2D eigenvalue weighted by Gasteiger charge is 2.18. The van der Waals surface area contributed by atoms with Crippen molar-refractivity contribution in [2.75, 3.05) is 26.8 Å². The Morgan fingerprint density at radius 2 is 1.86 bits per heavy atom. The van der Waals surface area contributed by atoms with Crippen LogP contribution in [0.1, 0.15) is 19.3 Å². The van der Waals surface area contributed by atoms with Crippen molar-refractivity contribution in [3.8, 4) is 0 Å². The van der Waals surface area contributed by atoms with Gasteiger partial charge in [-0.15, -0.1) is 0 Å². The highest BCUT2D eigenvalue weighted by Crippen LogP contribution is 2.09. The number of likely N-dealkylation sites (tertiary alicyclic amines) is 1. The van der Waals surface area contributed by atoms with Crippen molar-refractivity contribution in [2.24, 2.45) is 0 Å². The van der Waals surface area contributed by atoms with Gasteiger partial charge in [0.05, 0.1) is 7.11 Å². The number of hydrogen-bond acceptors (Lipinski definition) is 4. The summed E-state index contributed by atoms with van der Waals surface area (Å²) in [5.74, 6) is -0.532. The molecule has 0 aliphatic carbocycles. The molecule has 1 fully saturated rings. The van der Waals surface area contributed by atoms with Crippen LogP contribution in [0, 0.1) is 0 Å². The number of rotatable bonds is 2. The summed E-state index contributed by atoms with van der Waals surface area (Å²) in [6, 6.07) is 0. The molecule has 80 valence electrons. The van der Waals surface area contributed by atoms with Crippen molar-refractivity contribution in [1.82, 2.24) is 4.90 Å². The molecule has 0 aromatic rings. The van der Waals surface area contributed by atoms with E-state index >= 15 is 0 Å². The monoisotopic (exact) mass is 201 g/mol. The molecule has 1 aliphatic rings. The van der Waals surface area contributed by atoms with E-state index in [1.165, 1.54) is 7.11 Å². The summed E-state index contributed by atoms with van der Waals surface area (Å²) in [5.41, 5.74) is 0. The van der Waals surface area contributed by atoms with Gasteiger partial charge in [-0.25, -0.2) is 9.59 Å². The van der Waals surface area contributed by atoms with Gasteiger partial charge in [-0.1, -0.05) is 0 Å². The van der Waals surface area contributed by atoms with Gasteiger partial charge < -0.3 is 14.4 Å². The predicted octanol–water partition coefficient (Wildman–Crippen LogP) is 0.782. The van der Waals surface area contributed by atoms with E-state index in [1.807, 2.05) is 0 Å². The Balaban J connectivity index is 2.23. The highest BCUT2D eigenvalue weighted by atomic mass is 16.6. The minimum Gasteiger partial charge on any atom is -0.466 e. The highest BCUT2D eigenvalue weighted by molar-refractivity contribution is 5.75. The van der Waals surface area contributed by atoms with E-state index in [0.29, 0.717) is 0 Å². The lowest BCUT2D eigenvalue weighted by Gasteiger charge is -2.25. The van der Waals surface area contributed by atoms with E-state index < -0.39 is 12.1 Å². The number of methoxy groups -OCH3 is 1. The van der Waals surface area contributed by atoms with Crippen molar-refractivity contribution in [3.63, 3.8) is 0 Å². The molecular formula is C9H15NO4. The number of hydrogen-bond donors (Lipinski definition) is 0. The van der Waals surface area contributed by atoms with E-state index in [9.17, 15) is 9.59 Å². The van der Waals surface area contributed by atoms with E-state index in [1.54, 1.807) is 4.90 Å². The Bertz CT molecular complexity index is 211. The van der Waals surface area contributed by atoms with Crippen LogP contribution in [0.4, 0.5) is 4.79 Å². The molecule has 0 unspecified atom stereocenters. The van der Waals surface area contributed by atoms with Crippen LogP contribution < -0.4 is 0 Å². The van der Waals surface area contributed by atoms with Crippen molar-refractivity contribution in [3.05, 3.63) is 0 Å². The van der Waals surface area contributed by atoms with Crippen LogP contribution >= 0.6 is 0 Å². The smallest absolute Gasteiger partial charge is 0.410 e. The van der Waals surface area contributed by atoms with Crippen molar-refractivity contribution in [1.29, 1.82) is 0 Å². The fourth-order valence-corrected chi connectivity index (χ4v) is 1.35. The molecule has 1 saturated heterocycles. The lowest BCUT2D eigenvalue weighted by atomic mass is 10.1. The Labute approximate surface area is 83.0 Å². The van der Waals surface area contributed by atoms with Gasteiger partial charge in [-0.05, 0) is 19.3 Å². The first-order valence-electron chi connectivity index (χ1n) is 4.72. The molecule has 0 bridgehead atoms. The van der Waals surface area contributed by atoms with Gasteiger partial charge in [-0.3, -0.25) is 0 Å². The molecule has 0 radical (unpaired) electrons. The minimum absolute atomic E-state index is 0.300. The molecule has 1 heterocycles. The van der Waals surface area contributed by atoms with Gasteiger partial charge in [0.25, 0.3) is 0 Å². The van der Waals surface area contributed by atoms with Crippen LogP contribution in [0.25, 0.3) is 0 Å². The van der Waals surface area contributed by atoms with Gasteiger partial charge in [0, 0.05) is 13.1 Å². The normalized spacial score (nSPS) is 16.2. The first kappa shape index (κ1) is 10.8. The molecule has 14 heavy (non-hydrogen) atoms. The van der Waals surface area contributed by atoms with Crippen molar-refractivity contribution < 1.29 is 19.1 Å². The molecular weight excluding hydrogens is 186 g/mol. The second kappa shape index (κ2) is 5.47. The quantitative estimate of drug-likeness (QED) is 0.619. The summed E-state index contributed by atoms with van der Waals surface area (Å²) in [4.78, 5) is 23.6. The Hall–Kier alpha value is -1.26. The van der Waals surface area contributed by atoms with Gasteiger partial charge in [0.2, 0.25) is 0 Å². The fourth-order valence-electron chi connectivity index (χ4n) is 1.35. The van der Waals surface area contributed by atoms with E-state index in [4.69, 9.17) is 4.74 Å². The third-order valence-electron chi connectivity index (χ3n) is 2.16. The third kappa shape index (κ3) is 3.24. The van der Waals surface area contributed by atoms with Gasteiger partial charge in [0.1, 0.15) is 0 Å². The summed E-state index contributed by atoms with van der Waals surface area (Å²) < 4.78 is 9.10. The molecule has 1 rings (SSSR count). The first-order valence-corrected chi connectivity index (χ1v) is 4.72. The predicted molar refractivity (Wildman–Crippen MR) is 48.8 cm³/mol. The molecule has 5 heteroatoms. The second-order valence-electron chi connectivity index (χ2n) is 3.18. The molecule has 1 aliphatic heterocycles. The lowest BCUT2D eigenvalue weighted by molar-refractivity contribution is -0.144. The zero-order valence-electron chi connectivity index (χ0n) is 8.32. The van der Waals surface area contributed by atoms with E-state index in [-0.39, 0.29) is 6.61 Å². The second-order valence-corrected chi connectivity index (χ2v) is 3.18. The number of piperidine rings is 1.